The van der Waals surface area contributed by atoms with Gasteiger partial charge < -0.3 is 16.0 Å². The minimum Gasteiger partial charge on any atom is -0.393 e. The summed E-state index contributed by atoms with van der Waals surface area (Å²) in [7, 11) is 0. The van der Waals surface area contributed by atoms with E-state index in [0.717, 1.165) is 24.6 Å². The van der Waals surface area contributed by atoms with Crippen molar-refractivity contribution in [2.75, 3.05) is 29.0 Å². The highest BCUT2D eigenvalue weighted by Crippen LogP contribution is 2.30. The molecule has 0 saturated heterocycles. The van der Waals surface area contributed by atoms with Crippen LogP contribution in [-0.2, 0) is 0 Å². The lowest BCUT2D eigenvalue weighted by Gasteiger charge is -2.28. The molecule has 2 aromatic rings. The summed E-state index contributed by atoms with van der Waals surface area (Å²) in [5.74, 6) is 2.53. The fourth-order valence-electron chi connectivity index (χ4n) is 3.05. The van der Waals surface area contributed by atoms with Crippen molar-refractivity contribution in [2.24, 2.45) is 11.8 Å². The molecule has 5 heteroatoms. The standard InChI is InChI=1S/C20H31N5/c1-13(2)10-25(11-14(3)4)20-18(21)19(22-12-23-20)24-17-8-15(5)7-16(6)9-17/h7-9,12-14H,10-11,21H2,1-6H3,(H,22,23,24). The van der Waals surface area contributed by atoms with Gasteiger partial charge in [-0.15, -0.1) is 0 Å². The lowest BCUT2D eigenvalue weighted by Crippen LogP contribution is -2.32. The molecule has 136 valence electrons. The zero-order valence-electron chi connectivity index (χ0n) is 16.3. The number of hydrogen-bond donors (Lipinski definition) is 2. The van der Waals surface area contributed by atoms with Crippen LogP contribution in [0.5, 0.6) is 0 Å². The van der Waals surface area contributed by atoms with Crippen LogP contribution in [0.15, 0.2) is 24.5 Å². The van der Waals surface area contributed by atoms with Gasteiger partial charge in [-0.3, -0.25) is 0 Å². The van der Waals surface area contributed by atoms with Gasteiger partial charge in [0, 0.05) is 18.8 Å². The largest absolute Gasteiger partial charge is 0.393 e. The Balaban J connectivity index is 2.33. The molecular formula is C20H31N5. The highest BCUT2D eigenvalue weighted by Gasteiger charge is 2.17. The Morgan fingerprint density at radius 3 is 2.04 bits per heavy atom. The fourth-order valence-corrected chi connectivity index (χ4v) is 3.05. The SMILES string of the molecule is Cc1cc(C)cc(Nc2ncnc(N(CC(C)C)CC(C)C)c2N)c1. The van der Waals surface area contributed by atoms with E-state index in [4.69, 9.17) is 5.73 Å². The van der Waals surface area contributed by atoms with Gasteiger partial charge in [-0.25, -0.2) is 9.97 Å². The summed E-state index contributed by atoms with van der Waals surface area (Å²) in [6.07, 6.45) is 1.59. The third-order valence-electron chi connectivity index (χ3n) is 3.82. The van der Waals surface area contributed by atoms with Crippen LogP contribution in [0, 0.1) is 25.7 Å². The molecular weight excluding hydrogens is 310 g/mol. The molecule has 0 aliphatic heterocycles. The second kappa shape index (κ2) is 8.19. The van der Waals surface area contributed by atoms with Gasteiger partial charge in [0.25, 0.3) is 0 Å². The topological polar surface area (TPSA) is 67.1 Å². The number of anilines is 4. The first-order chi connectivity index (χ1) is 11.8. The zero-order chi connectivity index (χ0) is 18.6. The number of nitrogens with one attached hydrogen (secondary N) is 1. The van der Waals surface area contributed by atoms with Gasteiger partial charge >= 0.3 is 0 Å². The van der Waals surface area contributed by atoms with E-state index < -0.39 is 0 Å². The lowest BCUT2D eigenvalue weighted by atomic mass is 10.1. The molecule has 5 nitrogen and oxygen atoms in total. The van der Waals surface area contributed by atoms with Crippen molar-refractivity contribution in [3.05, 3.63) is 35.7 Å². The Kier molecular flexibility index (Phi) is 6.23. The van der Waals surface area contributed by atoms with Gasteiger partial charge in [-0.05, 0) is 48.9 Å². The predicted molar refractivity (Wildman–Crippen MR) is 108 cm³/mol. The molecule has 0 saturated carbocycles. The number of hydrogen-bond acceptors (Lipinski definition) is 5. The summed E-state index contributed by atoms with van der Waals surface area (Å²) >= 11 is 0. The first-order valence-electron chi connectivity index (χ1n) is 8.97. The van der Waals surface area contributed by atoms with Gasteiger partial charge in [0.1, 0.15) is 12.0 Å². The Hall–Kier alpha value is -2.30. The van der Waals surface area contributed by atoms with E-state index >= 15 is 0 Å². The summed E-state index contributed by atoms with van der Waals surface area (Å²) in [6, 6.07) is 6.33. The van der Waals surface area contributed by atoms with Crippen LogP contribution >= 0.6 is 0 Å². The number of nitrogen functional groups attached to an aromatic ring is 1. The Morgan fingerprint density at radius 2 is 1.52 bits per heavy atom. The first kappa shape index (κ1) is 19.0. The maximum atomic E-state index is 6.43. The molecule has 0 aliphatic rings. The average molecular weight is 342 g/mol. The van der Waals surface area contributed by atoms with Crippen LogP contribution < -0.4 is 16.0 Å². The van der Waals surface area contributed by atoms with Crippen LogP contribution in [0.25, 0.3) is 0 Å². The van der Waals surface area contributed by atoms with Gasteiger partial charge in [0.05, 0.1) is 0 Å². The maximum Gasteiger partial charge on any atom is 0.159 e. The third kappa shape index (κ3) is 5.34. The van der Waals surface area contributed by atoms with E-state index in [0.29, 0.717) is 23.3 Å². The molecule has 0 amide bonds. The molecule has 2 rings (SSSR count). The average Bonchev–Trinajstić information content (AvgIpc) is 2.46. The van der Waals surface area contributed by atoms with E-state index in [1.165, 1.54) is 11.1 Å². The van der Waals surface area contributed by atoms with Crippen molar-refractivity contribution >= 4 is 23.0 Å². The quantitative estimate of drug-likeness (QED) is 0.774. The molecule has 0 radical (unpaired) electrons. The van der Waals surface area contributed by atoms with Crippen LogP contribution in [0.3, 0.4) is 0 Å². The fraction of sp³-hybridized carbons (Fsp3) is 0.500. The summed E-state index contributed by atoms with van der Waals surface area (Å²) in [5.41, 5.74) is 10.4. The van der Waals surface area contributed by atoms with E-state index in [-0.39, 0.29) is 0 Å². The number of nitrogens with two attached hydrogens (primary N) is 1. The van der Waals surface area contributed by atoms with E-state index in [1.54, 1.807) is 6.33 Å². The predicted octanol–water partition coefficient (Wildman–Crippen LogP) is 4.54. The molecule has 0 spiro atoms. The van der Waals surface area contributed by atoms with Gasteiger partial charge in [-0.1, -0.05) is 33.8 Å². The van der Waals surface area contributed by atoms with Gasteiger partial charge in [0.2, 0.25) is 0 Å². The van der Waals surface area contributed by atoms with Gasteiger partial charge in [-0.2, -0.15) is 0 Å². The number of benzene rings is 1. The Morgan fingerprint density at radius 1 is 0.960 bits per heavy atom. The number of aryl methyl sites for hydroxylation is 2. The lowest BCUT2D eigenvalue weighted by molar-refractivity contribution is 0.549. The summed E-state index contributed by atoms with van der Waals surface area (Å²) in [4.78, 5) is 11.1. The van der Waals surface area contributed by atoms with Crippen LogP contribution in [0.4, 0.5) is 23.0 Å². The molecule has 1 aromatic heterocycles. The molecule has 1 heterocycles. The van der Waals surface area contributed by atoms with Crippen molar-refractivity contribution < 1.29 is 0 Å². The molecule has 0 atom stereocenters. The molecule has 0 bridgehead atoms. The second-order valence-corrected chi connectivity index (χ2v) is 7.65. The number of rotatable bonds is 7. The van der Waals surface area contributed by atoms with Crippen LogP contribution in [-0.4, -0.2) is 23.1 Å². The Bertz CT molecular complexity index is 679. The van der Waals surface area contributed by atoms with Crippen molar-refractivity contribution in [3.8, 4) is 0 Å². The smallest absolute Gasteiger partial charge is 0.159 e. The minimum atomic E-state index is 0.531. The van der Waals surface area contributed by atoms with Crippen LogP contribution in [0.2, 0.25) is 0 Å². The molecule has 1 aromatic carbocycles. The second-order valence-electron chi connectivity index (χ2n) is 7.65. The molecule has 0 fully saturated rings. The summed E-state index contributed by atoms with van der Waals surface area (Å²) in [5, 5.41) is 3.35. The van der Waals surface area contributed by atoms with E-state index in [9.17, 15) is 0 Å². The van der Waals surface area contributed by atoms with Crippen molar-refractivity contribution in [2.45, 2.75) is 41.5 Å². The molecule has 25 heavy (non-hydrogen) atoms. The third-order valence-corrected chi connectivity index (χ3v) is 3.82. The Labute approximate surface area is 151 Å². The highest BCUT2D eigenvalue weighted by atomic mass is 15.2. The van der Waals surface area contributed by atoms with Crippen molar-refractivity contribution in [3.63, 3.8) is 0 Å². The highest BCUT2D eigenvalue weighted by molar-refractivity contribution is 5.78. The molecule has 0 aliphatic carbocycles. The zero-order valence-corrected chi connectivity index (χ0v) is 16.3. The van der Waals surface area contributed by atoms with E-state index in [1.807, 2.05) is 0 Å². The summed E-state index contributed by atoms with van der Waals surface area (Å²) < 4.78 is 0. The molecule has 3 N–H and O–H groups in total. The number of nitrogens with zero attached hydrogens (tertiary/aromatic N) is 3. The van der Waals surface area contributed by atoms with E-state index in [2.05, 4.69) is 79.9 Å². The van der Waals surface area contributed by atoms with Crippen LogP contribution in [0.1, 0.15) is 38.8 Å². The van der Waals surface area contributed by atoms with Gasteiger partial charge in [0.15, 0.2) is 11.6 Å². The first-order valence-corrected chi connectivity index (χ1v) is 8.97. The summed E-state index contributed by atoms with van der Waals surface area (Å²) in [6.45, 7) is 14.8. The van der Waals surface area contributed by atoms with Crippen molar-refractivity contribution in [1.29, 1.82) is 0 Å². The normalized spacial score (nSPS) is 11.2. The minimum absolute atomic E-state index is 0.531. The maximum absolute atomic E-state index is 6.43. The monoisotopic (exact) mass is 341 g/mol. The van der Waals surface area contributed by atoms with Crippen molar-refractivity contribution in [1.82, 2.24) is 9.97 Å². The number of aromatic nitrogens is 2. The molecule has 0 unspecified atom stereocenters.